The van der Waals surface area contributed by atoms with Gasteiger partial charge in [0.25, 0.3) is 5.91 Å². The number of nitrogens with zero attached hydrogens (tertiary/aromatic N) is 2. The third-order valence-electron chi connectivity index (χ3n) is 4.03. The van der Waals surface area contributed by atoms with Gasteiger partial charge in [0.2, 0.25) is 0 Å². The molecule has 0 aliphatic rings. The summed E-state index contributed by atoms with van der Waals surface area (Å²) in [4.78, 5) is 12.6. The van der Waals surface area contributed by atoms with Gasteiger partial charge in [-0.05, 0) is 43.4 Å². The number of hydrogen-bond donors (Lipinski definition) is 0. The van der Waals surface area contributed by atoms with E-state index in [0.717, 1.165) is 30.4 Å². The molecule has 1 amide bonds. The van der Waals surface area contributed by atoms with E-state index < -0.39 is 0 Å². The summed E-state index contributed by atoms with van der Waals surface area (Å²) in [5, 5.41) is 8.02. The summed E-state index contributed by atoms with van der Waals surface area (Å²) in [6.45, 7) is 7.65. The summed E-state index contributed by atoms with van der Waals surface area (Å²) in [6.07, 6.45) is 4.93. The first kappa shape index (κ1) is 18.5. The molecule has 0 heterocycles. The van der Waals surface area contributed by atoms with E-state index in [1.54, 1.807) is 6.08 Å². The number of allylic oxidation sites excluding steroid dienone is 2. The molecule has 0 saturated heterocycles. The van der Waals surface area contributed by atoms with Crippen LogP contribution in [-0.4, -0.2) is 5.91 Å². The van der Waals surface area contributed by atoms with Gasteiger partial charge in [-0.2, -0.15) is 0 Å². The van der Waals surface area contributed by atoms with Crippen molar-refractivity contribution >= 4 is 11.6 Å². The molecule has 0 aliphatic heterocycles. The lowest BCUT2D eigenvalue weighted by molar-refractivity contribution is -0.122. The van der Waals surface area contributed by atoms with Gasteiger partial charge in [-0.15, -0.1) is 10.2 Å². The van der Waals surface area contributed by atoms with Crippen LogP contribution in [-0.2, 0) is 11.2 Å². The van der Waals surface area contributed by atoms with E-state index in [1.807, 2.05) is 60.7 Å². The van der Waals surface area contributed by atoms with E-state index in [4.69, 9.17) is 0 Å². The van der Waals surface area contributed by atoms with Crippen molar-refractivity contribution in [2.24, 2.45) is 16.1 Å². The zero-order valence-corrected chi connectivity index (χ0v) is 14.5. The highest BCUT2D eigenvalue weighted by Crippen LogP contribution is 2.20. The highest BCUT2D eigenvalue weighted by molar-refractivity contribution is 5.79. The molecule has 128 valence electrons. The molecule has 0 aromatic heterocycles. The number of benzene rings is 2. The number of carbonyl (C=O) groups excluding carboxylic acids is 1. The Balaban J connectivity index is 2.03. The molecule has 3 heteroatoms. The van der Waals surface area contributed by atoms with Crippen molar-refractivity contribution in [1.29, 1.82) is 0 Å². The summed E-state index contributed by atoms with van der Waals surface area (Å²) in [5.74, 6) is -0.343. The second-order valence-corrected chi connectivity index (χ2v) is 6.02. The van der Waals surface area contributed by atoms with Gasteiger partial charge in [-0.25, -0.2) is 0 Å². The minimum atomic E-state index is -0.174. The van der Waals surface area contributed by atoms with Crippen LogP contribution in [0.25, 0.3) is 0 Å². The fourth-order valence-electron chi connectivity index (χ4n) is 2.57. The molecule has 2 aromatic rings. The first-order chi connectivity index (χ1) is 12.2. The Hall–Kier alpha value is -2.81. The van der Waals surface area contributed by atoms with Crippen LogP contribution in [0, 0.1) is 5.92 Å². The van der Waals surface area contributed by atoms with Crippen molar-refractivity contribution in [3.63, 3.8) is 0 Å². The van der Waals surface area contributed by atoms with Crippen LogP contribution in [0.5, 0.6) is 0 Å². The van der Waals surface area contributed by atoms with Gasteiger partial charge in [-0.1, -0.05) is 73.3 Å². The van der Waals surface area contributed by atoms with Crippen molar-refractivity contribution in [3.8, 4) is 0 Å². The summed E-state index contributed by atoms with van der Waals surface area (Å²) >= 11 is 0. The summed E-state index contributed by atoms with van der Waals surface area (Å²) in [7, 11) is 0. The van der Waals surface area contributed by atoms with Gasteiger partial charge in [0.05, 0.1) is 5.69 Å². The SMILES string of the molecule is C=CC(=C)CCCC(Cc1ccccc1)C(=O)N=Nc1ccccc1. The monoisotopic (exact) mass is 332 g/mol. The Morgan fingerprint density at radius 3 is 2.32 bits per heavy atom. The molecule has 0 bridgehead atoms. The average molecular weight is 332 g/mol. The van der Waals surface area contributed by atoms with E-state index in [1.165, 1.54) is 0 Å². The standard InChI is InChI=1S/C22H24N2O/c1-3-18(2)11-10-14-20(17-19-12-6-4-7-13-19)22(25)24-23-21-15-8-5-9-16-21/h3-9,12-13,15-16,20H,1-2,10-11,14,17H2. The number of hydrogen-bond acceptors (Lipinski definition) is 2. The fourth-order valence-corrected chi connectivity index (χ4v) is 2.57. The van der Waals surface area contributed by atoms with Gasteiger partial charge in [0.1, 0.15) is 0 Å². The van der Waals surface area contributed by atoms with Gasteiger partial charge in [0, 0.05) is 5.92 Å². The lowest BCUT2D eigenvalue weighted by atomic mass is 9.92. The summed E-state index contributed by atoms with van der Waals surface area (Å²) in [5.41, 5.74) is 2.82. The maximum absolute atomic E-state index is 12.6. The lowest BCUT2D eigenvalue weighted by Crippen LogP contribution is -2.15. The second kappa shape index (κ2) is 10.1. The topological polar surface area (TPSA) is 41.8 Å². The summed E-state index contributed by atoms with van der Waals surface area (Å²) in [6, 6.07) is 19.4. The van der Waals surface area contributed by atoms with Gasteiger partial charge in [-0.3, -0.25) is 4.79 Å². The van der Waals surface area contributed by atoms with Gasteiger partial charge in [0.15, 0.2) is 0 Å². The first-order valence-corrected chi connectivity index (χ1v) is 8.54. The Morgan fingerprint density at radius 1 is 1.04 bits per heavy atom. The second-order valence-electron chi connectivity index (χ2n) is 6.02. The largest absolute Gasteiger partial charge is 0.271 e. The van der Waals surface area contributed by atoms with E-state index in [-0.39, 0.29) is 11.8 Å². The number of azo groups is 1. The molecule has 2 aromatic carbocycles. The van der Waals surface area contributed by atoms with E-state index in [2.05, 4.69) is 23.4 Å². The number of amides is 1. The van der Waals surface area contributed by atoms with Crippen molar-refractivity contribution in [2.45, 2.75) is 25.7 Å². The maximum Gasteiger partial charge on any atom is 0.268 e. The predicted octanol–water partition coefficient (Wildman–Crippen LogP) is 6.07. The highest BCUT2D eigenvalue weighted by Gasteiger charge is 2.18. The summed E-state index contributed by atoms with van der Waals surface area (Å²) < 4.78 is 0. The molecule has 0 aliphatic carbocycles. The number of carbonyl (C=O) groups is 1. The van der Waals surface area contributed by atoms with E-state index >= 15 is 0 Å². The van der Waals surface area contributed by atoms with Crippen molar-refractivity contribution in [2.75, 3.05) is 0 Å². The van der Waals surface area contributed by atoms with Gasteiger partial charge >= 0.3 is 0 Å². The minimum absolute atomic E-state index is 0.170. The van der Waals surface area contributed by atoms with Crippen LogP contribution in [0.2, 0.25) is 0 Å². The minimum Gasteiger partial charge on any atom is -0.271 e. The fraction of sp³-hybridized carbons (Fsp3) is 0.227. The number of rotatable bonds is 9. The Labute approximate surface area is 149 Å². The zero-order valence-electron chi connectivity index (χ0n) is 14.5. The molecule has 1 unspecified atom stereocenters. The third-order valence-corrected chi connectivity index (χ3v) is 4.03. The van der Waals surface area contributed by atoms with Gasteiger partial charge < -0.3 is 0 Å². The Bertz CT molecular complexity index is 720. The molecule has 0 radical (unpaired) electrons. The molecule has 0 fully saturated rings. The molecule has 0 N–H and O–H groups in total. The normalized spacial score (nSPS) is 12.0. The third kappa shape index (κ3) is 6.68. The molecule has 0 saturated carbocycles. The average Bonchev–Trinajstić information content (AvgIpc) is 2.66. The molecular formula is C22H24N2O. The first-order valence-electron chi connectivity index (χ1n) is 8.54. The highest BCUT2D eigenvalue weighted by atomic mass is 16.1. The maximum atomic E-state index is 12.6. The lowest BCUT2D eigenvalue weighted by Gasteiger charge is -2.13. The van der Waals surface area contributed by atoms with Crippen LogP contribution in [0.15, 0.2) is 95.7 Å². The quantitative estimate of drug-likeness (QED) is 0.406. The van der Waals surface area contributed by atoms with Crippen molar-refractivity contribution < 1.29 is 4.79 Å². The smallest absolute Gasteiger partial charge is 0.268 e. The van der Waals surface area contributed by atoms with Crippen LogP contribution in [0.4, 0.5) is 5.69 Å². The van der Waals surface area contributed by atoms with Crippen molar-refractivity contribution in [1.82, 2.24) is 0 Å². The molecule has 25 heavy (non-hydrogen) atoms. The molecular weight excluding hydrogens is 308 g/mol. The van der Waals surface area contributed by atoms with E-state index in [9.17, 15) is 4.79 Å². The molecule has 2 rings (SSSR count). The molecule has 3 nitrogen and oxygen atoms in total. The van der Waals surface area contributed by atoms with Crippen LogP contribution in [0.1, 0.15) is 24.8 Å². The molecule has 0 spiro atoms. The molecule has 1 atom stereocenters. The zero-order chi connectivity index (χ0) is 17.9. The Kier molecular flexibility index (Phi) is 7.51. The Morgan fingerprint density at radius 2 is 1.68 bits per heavy atom. The van der Waals surface area contributed by atoms with Crippen LogP contribution in [0.3, 0.4) is 0 Å². The van der Waals surface area contributed by atoms with Crippen LogP contribution >= 0.6 is 0 Å². The van der Waals surface area contributed by atoms with E-state index in [0.29, 0.717) is 12.1 Å². The van der Waals surface area contributed by atoms with Crippen LogP contribution < -0.4 is 0 Å². The van der Waals surface area contributed by atoms with Crippen molar-refractivity contribution in [3.05, 3.63) is 91.0 Å². The predicted molar refractivity (Wildman–Crippen MR) is 103 cm³/mol.